The third kappa shape index (κ3) is 3.98. The fourth-order valence-electron chi connectivity index (χ4n) is 1.68. The topological polar surface area (TPSA) is 41.1 Å². The second-order valence-electron chi connectivity index (χ2n) is 3.79. The van der Waals surface area contributed by atoms with Crippen LogP contribution in [0.1, 0.15) is 16.8 Å². The van der Waals surface area contributed by atoms with Crippen LogP contribution >= 0.6 is 46.6 Å². The highest BCUT2D eigenvalue weighted by atomic mass is 127. The molecular weight excluding hydrogens is 374 g/mol. The average Bonchev–Trinajstić information content (AvgIpc) is 2.74. The summed E-state index contributed by atoms with van der Waals surface area (Å²) in [6.07, 6.45) is 0.990. The first-order chi connectivity index (χ1) is 7.66. The molecule has 1 saturated heterocycles. The van der Waals surface area contributed by atoms with Crippen molar-refractivity contribution >= 4 is 52.5 Å². The van der Waals surface area contributed by atoms with Crippen LogP contribution < -0.4 is 10.6 Å². The molecule has 0 spiro atoms. The molecule has 2 N–H and O–H groups in total. The molecule has 1 heterocycles. The third-order valence-corrected chi connectivity index (χ3v) is 4.15. The minimum absolute atomic E-state index is 0. The molecule has 6 heteroatoms. The van der Waals surface area contributed by atoms with E-state index in [0.29, 0.717) is 10.6 Å². The number of nitrogens with one attached hydrogen (secondary N) is 2. The summed E-state index contributed by atoms with van der Waals surface area (Å²) in [5.74, 6) is -0.0491. The molecule has 3 nitrogen and oxygen atoms in total. The molecule has 0 saturated carbocycles. The van der Waals surface area contributed by atoms with Crippen molar-refractivity contribution in [3.8, 4) is 0 Å². The fraction of sp³-hybridized carbons (Fsp3) is 0.364. The molecule has 0 radical (unpaired) electrons. The molecule has 0 aromatic heterocycles. The van der Waals surface area contributed by atoms with Crippen molar-refractivity contribution in [1.82, 2.24) is 10.6 Å². The maximum absolute atomic E-state index is 11.9. The normalized spacial score (nSPS) is 18.6. The monoisotopic (exact) mass is 386 g/mol. The first-order valence-corrected chi connectivity index (χ1v) is 6.59. The number of carbonyl (C=O) groups is 1. The highest BCUT2D eigenvalue weighted by Gasteiger charge is 2.17. The molecule has 1 fully saturated rings. The number of hydrogen-bond donors (Lipinski definition) is 2. The fourth-order valence-corrected chi connectivity index (χ4v) is 2.20. The number of hydrogen-bond acceptors (Lipinski definition) is 2. The van der Waals surface area contributed by atoms with Gasteiger partial charge >= 0.3 is 0 Å². The lowest BCUT2D eigenvalue weighted by molar-refractivity contribution is 0.0940. The van der Waals surface area contributed by atoms with Crippen molar-refractivity contribution < 1.29 is 4.79 Å². The van der Waals surface area contributed by atoms with Gasteiger partial charge in [-0.1, -0.05) is 11.6 Å². The molecule has 1 atom stereocenters. The number of halogens is 3. The molecule has 0 aliphatic carbocycles. The first kappa shape index (κ1) is 15.0. The predicted molar refractivity (Wildman–Crippen MR) is 80.2 cm³/mol. The molecule has 1 aliphatic rings. The van der Waals surface area contributed by atoms with Gasteiger partial charge in [-0.15, -0.1) is 12.4 Å². The van der Waals surface area contributed by atoms with Crippen LogP contribution in [0.4, 0.5) is 0 Å². The second kappa shape index (κ2) is 6.78. The second-order valence-corrected chi connectivity index (χ2v) is 5.36. The van der Waals surface area contributed by atoms with Gasteiger partial charge in [0.05, 0.1) is 5.02 Å². The van der Waals surface area contributed by atoms with Crippen LogP contribution in [0.3, 0.4) is 0 Å². The summed E-state index contributed by atoms with van der Waals surface area (Å²) >= 11 is 8.12. The highest BCUT2D eigenvalue weighted by Crippen LogP contribution is 2.19. The van der Waals surface area contributed by atoms with Gasteiger partial charge < -0.3 is 10.6 Å². The minimum atomic E-state index is -0.0491. The number of benzene rings is 1. The van der Waals surface area contributed by atoms with E-state index >= 15 is 0 Å². The zero-order chi connectivity index (χ0) is 11.5. The lowest BCUT2D eigenvalue weighted by atomic mass is 10.2. The van der Waals surface area contributed by atoms with Crippen LogP contribution in [0.15, 0.2) is 18.2 Å². The van der Waals surface area contributed by atoms with Crippen molar-refractivity contribution in [1.29, 1.82) is 0 Å². The largest absolute Gasteiger partial charge is 0.348 e. The predicted octanol–water partition coefficient (Wildman–Crippen LogP) is 2.46. The standard InChI is InChI=1S/C11H12ClIN2O.ClH/c12-9-5-7(1-2-10(9)13)11(16)15-8-3-4-14-6-8;/h1-2,5,8,14H,3-4,6H2,(H,15,16);1H. The molecule has 1 aromatic carbocycles. The molecule has 1 unspecified atom stereocenters. The van der Waals surface area contributed by atoms with Gasteiger partial charge in [0, 0.05) is 21.7 Å². The summed E-state index contributed by atoms with van der Waals surface area (Å²) in [7, 11) is 0. The zero-order valence-corrected chi connectivity index (χ0v) is 12.7. The van der Waals surface area contributed by atoms with E-state index in [1.165, 1.54) is 0 Å². The third-order valence-electron chi connectivity index (χ3n) is 2.58. The molecular formula is C11H13Cl2IN2O. The van der Waals surface area contributed by atoms with Gasteiger partial charge in [0.25, 0.3) is 5.91 Å². The van der Waals surface area contributed by atoms with Crippen LogP contribution in [0.5, 0.6) is 0 Å². The van der Waals surface area contributed by atoms with E-state index in [-0.39, 0.29) is 24.4 Å². The minimum Gasteiger partial charge on any atom is -0.348 e. The first-order valence-electron chi connectivity index (χ1n) is 5.13. The SMILES string of the molecule is Cl.O=C(NC1CCNC1)c1ccc(I)c(Cl)c1. The highest BCUT2D eigenvalue weighted by molar-refractivity contribution is 14.1. The molecule has 1 amide bonds. The maximum atomic E-state index is 11.9. The van der Waals surface area contributed by atoms with E-state index in [1.807, 2.05) is 6.07 Å². The molecule has 2 rings (SSSR count). The summed E-state index contributed by atoms with van der Waals surface area (Å²) < 4.78 is 0.957. The van der Waals surface area contributed by atoms with Crippen LogP contribution in [0, 0.1) is 3.57 Å². The van der Waals surface area contributed by atoms with Gasteiger partial charge in [-0.05, 0) is 53.8 Å². The van der Waals surface area contributed by atoms with E-state index in [0.717, 1.165) is 23.1 Å². The summed E-state index contributed by atoms with van der Waals surface area (Å²) in [6.45, 7) is 1.82. The Hall–Kier alpha value is -0.0400. The van der Waals surface area contributed by atoms with E-state index < -0.39 is 0 Å². The number of rotatable bonds is 2. The molecule has 17 heavy (non-hydrogen) atoms. The van der Waals surface area contributed by atoms with Gasteiger partial charge in [0.15, 0.2) is 0 Å². The van der Waals surface area contributed by atoms with E-state index in [2.05, 4.69) is 33.2 Å². The molecule has 1 aliphatic heterocycles. The lowest BCUT2D eigenvalue weighted by Crippen LogP contribution is -2.36. The quantitative estimate of drug-likeness (QED) is 0.766. The van der Waals surface area contributed by atoms with Gasteiger partial charge in [-0.3, -0.25) is 4.79 Å². The average molecular weight is 387 g/mol. The Morgan fingerprint density at radius 1 is 1.53 bits per heavy atom. The van der Waals surface area contributed by atoms with Crippen molar-refractivity contribution in [2.24, 2.45) is 0 Å². The Balaban J connectivity index is 0.00000144. The Bertz CT molecular complexity index is 408. The summed E-state index contributed by atoms with van der Waals surface area (Å²) in [4.78, 5) is 11.9. The van der Waals surface area contributed by atoms with E-state index in [1.54, 1.807) is 12.1 Å². The summed E-state index contributed by atoms with van der Waals surface area (Å²) in [6, 6.07) is 5.60. The Morgan fingerprint density at radius 2 is 2.29 bits per heavy atom. The van der Waals surface area contributed by atoms with Crippen LogP contribution in [0.2, 0.25) is 5.02 Å². The van der Waals surface area contributed by atoms with Crippen LogP contribution in [-0.4, -0.2) is 25.0 Å². The Kier molecular flexibility index (Phi) is 5.99. The molecule has 94 valence electrons. The molecule has 1 aromatic rings. The van der Waals surface area contributed by atoms with E-state index in [9.17, 15) is 4.79 Å². The van der Waals surface area contributed by atoms with Gasteiger partial charge in [0.2, 0.25) is 0 Å². The van der Waals surface area contributed by atoms with Gasteiger partial charge in [-0.25, -0.2) is 0 Å². The van der Waals surface area contributed by atoms with Gasteiger partial charge in [0.1, 0.15) is 0 Å². The molecule has 0 bridgehead atoms. The van der Waals surface area contributed by atoms with E-state index in [4.69, 9.17) is 11.6 Å². The number of carbonyl (C=O) groups excluding carboxylic acids is 1. The van der Waals surface area contributed by atoms with Gasteiger partial charge in [-0.2, -0.15) is 0 Å². The van der Waals surface area contributed by atoms with Crippen molar-refractivity contribution in [2.75, 3.05) is 13.1 Å². The van der Waals surface area contributed by atoms with Crippen LogP contribution in [-0.2, 0) is 0 Å². The summed E-state index contributed by atoms with van der Waals surface area (Å²) in [5, 5.41) is 6.81. The zero-order valence-electron chi connectivity index (χ0n) is 9.00. The van der Waals surface area contributed by atoms with Crippen molar-refractivity contribution in [3.63, 3.8) is 0 Å². The van der Waals surface area contributed by atoms with Crippen molar-refractivity contribution in [2.45, 2.75) is 12.5 Å². The Morgan fingerprint density at radius 3 is 2.88 bits per heavy atom. The van der Waals surface area contributed by atoms with Crippen molar-refractivity contribution in [3.05, 3.63) is 32.4 Å². The maximum Gasteiger partial charge on any atom is 0.251 e. The van der Waals surface area contributed by atoms with Crippen LogP contribution in [0.25, 0.3) is 0 Å². The summed E-state index contributed by atoms with van der Waals surface area (Å²) in [5.41, 5.74) is 0.623. The lowest BCUT2D eigenvalue weighted by Gasteiger charge is -2.11. The Labute approximate surface area is 125 Å². The number of amides is 1. The smallest absolute Gasteiger partial charge is 0.251 e.